The van der Waals surface area contributed by atoms with E-state index in [1.54, 1.807) is 0 Å². The van der Waals surface area contributed by atoms with Gasteiger partial charge in [0, 0.05) is 19.7 Å². The number of likely N-dealkylation sites (tertiary alicyclic amines) is 1. The predicted octanol–water partition coefficient (Wildman–Crippen LogP) is 4.52. The van der Waals surface area contributed by atoms with E-state index in [0.29, 0.717) is 24.4 Å². The summed E-state index contributed by atoms with van der Waals surface area (Å²) >= 11 is 0. The lowest BCUT2D eigenvalue weighted by molar-refractivity contribution is 0.0969. The molecule has 2 aliphatic rings. The van der Waals surface area contributed by atoms with Crippen LogP contribution < -0.4 is 0 Å². The molecule has 25 heavy (non-hydrogen) atoms. The Kier molecular flexibility index (Phi) is 4.99. The molecule has 0 aromatic heterocycles. The lowest BCUT2D eigenvalue weighted by Gasteiger charge is -2.36. The third-order valence-corrected chi connectivity index (χ3v) is 10.8. The van der Waals surface area contributed by atoms with Gasteiger partial charge in [0.1, 0.15) is 6.61 Å². The third kappa shape index (κ3) is 4.09. The van der Waals surface area contributed by atoms with Crippen molar-refractivity contribution in [2.45, 2.75) is 45.5 Å². The molecule has 1 amide bonds. The second kappa shape index (κ2) is 6.76. The molecule has 0 radical (unpaired) electrons. The molecule has 2 fully saturated rings. The molecule has 0 N–H and O–H groups in total. The molecule has 1 aliphatic carbocycles. The molecule has 1 aromatic rings. The Hall–Kier alpha value is -1.33. The lowest BCUT2D eigenvalue weighted by atomic mass is 10.2. The number of ether oxygens (including phenoxy) is 1. The fourth-order valence-electron chi connectivity index (χ4n) is 3.38. The Labute approximate surface area is 152 Å². The Balaban J connectivity index is 1.40. The highest BCUT2D eigenvalue weighted by molar-refractivity contribution is 6.74. The zero-order valence-electron chi connectivity index (χ0n) is 16.1. The number of benzene rings is 1. The van der Waals surface area contributed by atoms with Crippen LogP contribution in [0, 0.1) is 17.8 Å². The largest absolute Gasteiger partial charge is 0.445 e. The Morgan fingerprint density at radius 3 is 2.32 bits per heavy atom. The monoisotopic (exact) mass is 361 g/mol. The van der Waals surface area contributed by atoms with Crippen LogP contribution in [0.5, 0.6) is 0 Å². The topological polar surface area (TPSA) is 38.8 Å². The molecule has 0 spiro atoms. The van der Waals surface area contributed by atoms with Crippen LogP contribution in [0.15, 0.2) is 30.3 Å². The van der Waals surface area contributed by atoms with Crippen LogP contribution in [0.4, 0.5) is 4.79 Å². The lowest BCUT2D eigenvalue weighted by Crippen LogP contribution is -2.41. The minimum Gasteiger partial charge on any atom is -0.445 e. The van der Waals surface area contributed by atoms with Gasteiger partial charge in [0.05, 0.1) is 0 Å². The number of piperidine rings is 1. The first kappa shape index (κ1) is 18.5. The number of fused-ring (bicyclic) bond motifs is 1. The molecule has 1 saturated carbocycles. The third-order valence-electron chi connectivity index (χ3n) is 6.28. The van der Waals surface area contributed by atoms with Gasteiger partial charge in [-0.15, -0.1) is 0 Å². The first-order chi connectivity index (χ1) is 11.7. The van der Waals surface area contributed by atoms with Crippen molar-refractivity contribution < 1.29 is 14.0 Å². The SMILES string of the molecule is CC(C)(C)[Si](C)(C)OCC1[C@H]2CN(C(=O)OCc3ccccc3)C[C@@H]12. The van der Waals surface area contributed by atoms with Crippen molar-refractivity contribution in [2.75, 3.05) is 19.7 Å². The van der Waals surface area contributed by atoms with Crippen LogP contribution in [0.1, 0.15) is 26.3 Å². The van der Waals surface area contributed by atoms with Crippen molar-refractivity contribution in [3.8, 4) is 0 Å². The van der Waals surface area contributed by atoms with Crippen LogP contribution in [0.2, 0.25) is 18.1 Å². The molecular weight excluding hydrogens is 330 g/mol. The van der Waals surface area contributed by atoms with E-state index >= 15 is 0 Å². The molecular formula is C20H31NO3Si. The zero-order valence-corrected chi connectivity index (χ0v) is 17.1. The smallest absolute Gasteiger partial charge is 0.410 e. The molecule has 3 atom stereocenters. The number of hydrogen-bond acceptors (Lipinski definition) is 3. The van der Waals surface area contributed by atoms with E-state index in [4.69, 9.17) is 9.16 Å². The average molecular weight is 362 g/mol. The molecule has 1 heterocycles. The zero-order chi connectivity index (χ0) is 18.2. The number of hydrogen-bond donors (Lipinski definition) is 0. The highest BCUT2D eigenvalue weighted by atomic mass is 28.4. The normalized spacial score (nSPS) is 25.6. The van der Waals surface area contributed by atoms with Crippen molar-refractivity contribution in [2.24, 2.45) is 17.8 Å². The van der Waals surface area contributed by atoms with Gasteiger partial charge >= 0.3 is 6.09 Å². The van der Waals surface area contributed by atoms with Gasteiger partial charge in [-0.2, -0.15) is 0 Å². The maximum Gasteiger partial charge on any atom is 0.410 e. The van der Waals surface area contributed by atoms with E-state index in [0.717, 1.165) is 25.3 Å². The van der Waals surface area contributed by atoms with E-state index in [-0.39, 0.29) is 11.1 Å². The van der Waals surface area contributed by atoms with E-state index in [9.17, 15) is 4.79 Å². The summed E-state index contributed by atoms with van der Waals surface area (Å²) in [6.07, 6.45) is -0.180. The van der Waals surface area contributed by atoms with Crippen LogP contribution >= 0.6 is 0 Å². The molecule has 5 heteroatoms. The fraction of sp³-hybridized carbons (Fsp3) is 0.650. The van der Waals surface area contributed by atoms with E-state index in [1.165, 1.54) is 0 Å². The predicted molar refractivity (Wildman–Crippen MR) is 102 cm³/mol. The first-order valence-corrected chi connectivity index (χ1v) is 12.2. The van der Waals surface area contributed by atoms with Gasteiger partial charge in [-0.3, -0.25) is 0 Å². The number of amides is 1. The van der Waals surface area contributed by atoms with Crippen molar-refractivity contribution in [3.63, 3.8) is 0 Å². The fourth-order valence-corrected chi connectivity index (χ4v) is 4.42. The quantitative estimate of drug-likeness (QED) is 0.724. The van der Waals surface area contributed by atoms with Crippen molar-refractivity contribution >= 4 is 14.4 Å². The van der Waals surface area contributed by atoms with Crippen molar-refractivity contribution in [3.05, 3.63) is 35.9 Å². The summed E-state index contributed by atoms with van der Waals surface area (Å²) in [5.74, 6) is 1.84. The second-order valence-corrected chi connectivity index (χ2v) is 13.8. The van der Waals surface area contributed by atoms with Gasteiger partial charge in [-0.1, -0.05) is 51.1 Å². The first-order valence-electron chi connectivity index (χ1n) is 9.28. The van der Waals surface area contributed by atoms with Crippen molar-refractivity contribution in [1.29, 1.82) is 0 Å². The van der Waals surface area contributed by atoms with Gasteiger partial charge in [0.2, 0.25) is 0 Å². The number of carbonyl (C=O) groups excluding carboxylic acids is 1. The summed E-state index contributed by atoms with van der Waals surface area (Å²) in [6.45, 7) is 14.3. The van der Waals surface area contributed by atoms with Gasteiger partial charge < -0.3 is 14.1 Å². The minimum atomic E-state index is -1.67. The van der Waals surface area contributed by atoms with Crippen LogP contribution in [0.3, 0.4) is 0 Å². The standard InChI is InChI=1S/C20H31NO3Si/c1-20(2,3)25(4,5)24-14-18-16-11-21(12-17(16)18)19(22)23-13-15-9-7-6-8-10-15/h6-10,16-18H,11-14H2,1-5H3/t16-,17+,18?. The van der Waals surface area contributed by atoms with E-state index in [2.05, 4.69) is 33.9 Å². The molecule has 1 aromatic carbocycles. The Morgan fingerprint density at radius 1 is 1.16 bits per heavy atom. The minimum absolute atomic E-state index is 0.180. The van der Waals surface area contributed by atoms with Gasteiger partial charge in [-0.05, 0) is 41.4 Å². The van der Waals surface area contributed by atoms with Crippen molar-refractivity contribution in [1.82, 2.24) is 4.90 Å². The van der Waals surface area contributed by atoms with Crippen LogP contribution in [0.25, 0.3) is 0 Å². The number of nitrogens with zero attached hydrogens (tertiary/aromatic N) is 1. The molecule has 1 saturated heterocycles. The second-order valence-electron chi connectivity index (χ2n) is 9.01. The maximum absolute atomic E-state index is 12.2. The molecule has 138 valence electrons. The Morgan fingerprint density at radius 2 is 1.76 bits per heavy atom. The summed E-state index contributed by atoms with van der Waals surface area (Å²) in [5, 5.41) is 0.254. The highest BCUT2D eigenvalue weighted by Crippen LogP contribution is 2.52. The van der Waals surface area contributed by atoms with Crippen LogP contribution in [-0.4, -0.2) is 39.0 Å². The average Bonchev–Trinajstić information content (AvgIpc) is 3.00. The number of rotatable bonds is 5. The number of carbonyl (C=O) groups is 1. The molecule has 1 aliphatic heterocycles. The summed E-state index contributed by atoms with van der Waals surface area (Å²) in [4.78, 5) is 14.1. The maximum atomic E-state index is 12.2. The van der Waals surface area contributed by atoms with Gasteiger partial charge in [0.15, 0.2) is 8.32 Å². The molecule has 4 nitrogen and oxygen atoms in total. The molecule has 1 unspecified atom stereocenters. The Bertz CT molecular complexity index is 599. The summed E-state index contributed by atoms with van der Waals surface area (Å²) in [5.41, 5.74) is 1.03. The highest BCUT2D eigenvalue weighted by Gasteiger charge is 2.57. The van der Waals surface area contributed by atoms with Gasteiger partial charge in [-0.25, -0.2) is 4.79 Å². The van der Waals surface area contributed by atoms with Crippen LogP contribution in [-0.2, 0) is 15.8 Å². The van der Waals surface area contributed by atoms with E-state index in [1.807, 2.05) is 35.2 Å². The molecule has 3 rings (SSSR count). The van der Waals surface area contributed by atoms with E-state index < -0.39 is 8.32 Å². The van der Waals surface area contributed by atoms with Gasteiger partial charge in [0.25, 0.3) is 0 Å². The summed E-state index contributed by atoms with van der Waals surface area (Å²) in [7, 11) is -1.67. The summed E-state index contributed by atoms with van der Waals surface area (Å²) in [6, 6.07) is 9.83. The molecule has 0 bridgehead atoms. The summed E-state index contributed by atoms with van der Waals surface area (Å²) < 4.78 is 11.8.